The van der Waals surface area contributed by atoms with Crippen LogP contribution in [0.4, 0.5) is 0 Å². The SMILES string of the molecule is CC1CCC2(CC1)CSC(=NCCOCC(N)=O)N2. The summed E-state index contributed by atoms with van der Waals surface area (Å²) >= 11 is 1.81. The number of amidine groups is 1. The van der Waals surface area contributed by atoms with Crippen LogP contribution in [-0.4, -0.2) is 42.1 Å². The Bertz CT molecular complexity index is 352. The van der Waals surface area contributed by atoms with Gasteiger partial charge in [0.25, 0.3) is 0 Å². The number of primary amides is 1. The molecule has 1 saturated carbocycles. The van der Waals surface area contributed by atoms with Gasteiger partial charge in [-0.25, -0.2) is 0 Å². The molecule has 1 aliphatic heterocycles. The first-order chi connectivity index (χ1) is 9.10. The summed E-state index contributed by atoms with van der Waals surface area (Å²) in [5, 5.41) is 4.62. The molecule has 3 N–H and O–H groups in total. The molecule has 0 aromatic rings. The summed E-state index contributed by atoms with van der Waals surface area (Å²) in [5.41, 5.74) is 5.27. The lowest BCUT2D eigenvalue weighted by Gasteiger charge is -2.35. The van der Waals surface area contributed by atoms with Gasteiger partial charge < -0.3 is 15.8 Å². The van der Waals surface area contributed by atoms with Crippen molar-refractivity contribution < 1.29 is 9.53 Å². The van der Waals surface area contributed by atoms with Gasteiger partial charge in [0.1, 0.15) is 6.61 Å². The molecule has 6 heteroatoms. The number of hydrogen-bond acceptors (Lipinski definition) is 4. The number of carbonyl (C=O) groups is 1. The molecule has 0 aromatic heterocycles. The smallest absolute Gasteiger partial charge is 0.243 e. The van der Waals surface area contributed by atoms with Crippen LogP contribution in [0.5, 0.6) is 0 Å². The van der Waals surface area contributed by atoms with Crippen molar-refractivity contribution in [2.24, 2.45) is 16.6 Å². The third kappa shape index (κ3) is 4.38. The van der Waals surface area contributed by atoms with Gasteiger partial charge in [0, 0.05) is 11.3 Å². The van der Waals surface area contributed by atoms with E-state index in [0.29, 0.717) is 13.2 Å². The number of carbonyl (C=O) groups excluding carboxylic acids is 1. The second kappa shape index (κ2) is 6.61. The normalized spacial score (nSPS) is 32.7. The zero-order valence-corrected chi connectivity index (χ0v) is 12.3. The Morgan fingerprint density at radius 3 is 3.00 bits per heavy atom. The van der Waals surface area contributed by atoms with Crippen molar-refractivity contribution in [1.29, 1.82) is 0 Å². The van der Waals surface area contributed by atoms with Crippen LogP contribution in [0, 0.1) is 5.92 Å². The van der Waals surface area contributed by atoms with E-state index in [4.69, 9.17) is 10.5 Å². The van der Waals surface area contributed by atoms with Crippen LogP contribution in [0.25, 0.3) is 0 Å². The average molecular weight is 285 g/mol. The number of nitrogens with zero attached hydrogens (tertiary/aromatic N) is 1. The topological polar surface area (TPSA) is 76.7 Å². The summed E-state index contributed by atoms with van der Waals surface area (Å²) in [5.74, 6) is 1.55. The van der Waals surface area contributed by atoms with Gasteiger partial charge in [0.05, 0.1) is 13.2 Å². The van der Waals surface area contributed by atoms with Gasteiger partial charge in [-0.15, -0.1) is 0 Å². The van der Waals surface area contributed by atoms with Crippen molar-refractivity contribution in [3.8, 4) is 0 Å². The van der Waals surface area contributed by atoms with Gasteiger partial charge in [-0.3, -0.25) is 9.79 Å². The standard InChI is InChI=1S/C13H23N3O2S/c1-10-2-4-13(5-3-10)9-19-12(16-13)15-6-7-18-8-11(14)17/h10H,2-9H2,1H3,(H2,14,17)(H,15,16). The Balaban J connectivity index is 1.71. The minimum atomic E-state index is -0.434. The molecule has 0 aromatic carbocycles. The molecule has 2 fully saturated rings. The number of nitrogens with two attached hydrogens (primary N) is 1. The molecule has 108 valence electrons. The lowest BCUT2D eigenvalue weighted by atomic mass is 9.78. The Hall–Kier alpha value is -0.750. The lowest BCUT2D eigenvalue weighted by molar-refractivity contribution is -0.122. The number of thioether (sulfide) groups is 1. The van der Waals surface area contributed by atoms with Crippen molar-refractivity contribution in [3.63, 3.8) is 0 Å². The largest absolute Gasteiger partial charge is 0.370 e. The molecule has 1 saturated heterocycles. The fourth-order valence-corrected chi connectivity index (χ4v) is 3.80. The highest BCUT2D eigenvalue weighted by molar-refractivity contribution is 8.14. The monoisotopic (exact) mass is 285 g/mol. The highest BCUT2D eigenvalue weighted by atomic mass is 32.2. The van der Waals surface area contributed by atoms with Crippen LogP contribution in [0.2, 0.25) is 0 Å². The summed E-state index contributed by atoms with van der Waals surface area (Å²) in [6.07, 6.45) is 5.11. The van der Waals surface area contributed by atoms with E-state index in [1.807, 2.05) is 0 Å². The van der Waals surface area contributed by atoms with E-state index in [1.54, 1.807) is 11.8 Å². The van der Waals surface area contributed by atoms with Gasteiger partial charge in [-0.1, -0.05) is 18.7 Å². The zero-order valence-electron chi connectivity index (χ0n) is 11.5. The minimum Gasteiger partial charge on any atom is -0.370 e. The average Bonchev–Trinajstić information content (AvgIpc) is 2.76. The van der Waals surface area contributed by atoms with Gasteiger partial charge >= 0.3 is 0 Å². The van der Waals surface area contributed by atoms with Crippen molar-refractivity contribution in [2.75, 3.05) is 25.5 Å². The van der Waals surface area contributed by atoms with Crippen molar-refractivity contribution in [2.45, 2.75) is 38.1 Å². The summed E-state index contributed by atoms with van der Waals surface area (Å²) in [4.78, 5) is 15.0. The maximum absolute atomic E-state index is 10.5. The fourth-order valence-electron chi connectivity index (χ4n) is 2.56. The Labute approximate surface area is 118 Å². The van der Waals surface area contributed by atoms with E-state index >= 15 is 0 Å². The van der Waals surface area contributed by atoms with Gasteiger partial charge in [0.15, 0.2) is 5.17 Å². The minimum absolute atomic E-state index is 0.0206. The van der Waals surface area contributed by atoms with Gasteiger partial charge in [-0.2, -0.15) is 0 Å². The number of nitrogens with one attached hydrogen (secondary N) is 1. The maximum atomic E-state index is 10.5. The van der Waals surface area contributed by atoms with Crippen LogP contribution in [0.3, 0.4) is 0 Å². The number of aliphatic imine (C=N–C) groups is 1. The van der Waals surface area contributed by atoms with Crippen LogP contribution < -0.4 is 11.1 Å². The molecular formula is C13H23N3O2S. The number of ether oxygens (including phenoxy) is 1. The summed E-state index contributed by atoms with van der Waals surface area (Å²) < 4.78 is 5.09. The first-order valence-corrected chi connectivity index (χ1v) is 7.90. The highest BCUT2D eigenvalue weighted by Crippen LogP contribution is 2.38. The van der Waals surface area contributed by atoms with Crippen molar-refractivity contribution in [3.05, 3.63) is 0 Å². The molecule has 5 nitrogen and oxygen atoms in total. The molecule has 0 bridgehead atoms. The van der Waals surface area contributed by atoms with Gasteiger partial charge in [0.2, 0.25) is 5.91 Å². The fraction of sp³-hybridized carbons (Fsp3) is 0.846. The van der Waals surface area contributed by atoms with Crippen molar-refractivity contribution >= 4 is 22.8 Å². The molecule has 1 spiro atoms. The molecule has 2 aliphatic rings. The van der Waals surface area contributed by atoms with Crippen LogP contribution in [0.1, 0.15) is 32.6 Å². The van der Waals surface area contributed by atoms with E-state index in [-0.39, 0.29) is 12.1 Å². The molecule has 0 atom stereocenters. The lowest BCUT2D eigenvalue weighted by Crippen LogP contribution is -2.46. The number of amides is 1. The molecule has 1 aliphatic carbocycles. The molecule has 19 heavy (non-hydrogen) atoms. The molecular weight excluding hydrogens is 262 g/mol. The molecule has 0 unspecified atom stereocenters. The predicted octanol–water partition coefficient (Wildman–Crippen LogP) is 1.13. The van der Waals surface area contributed by atoms with E-state index in [1.165, 1.54) is 25.7 Å². The Kier molecular flexibility index (Phi) is 5.10. The quantitative estimate of drug-likeness (QED) is 0.742. The Morgan fingerprint density at radius 2 is 2.32 bits per heavy atom. The first kappa shape index (κ1) is 14.7. The molecule has 0 radical (unpaired) electrons. The van der Waals surface area contributed by atoms with Crippen molar-refractivity contribution in [1.82, 2.24) is 5.32 Å². The van der Waals surface area contributed by atoms with Crippen LogP contribution >= 0.6 is 11.8 Å². The second-order valence-corrected chi connectivity index (χ2v) is 6.55. The zero-order chi connectivity index (χ0) is 13.7. The third-order valence-electron chi connectivity index (χ3n) is 3.82. The molecule has 1 heterocycles. The predicted molar refractivity (Wildman–Crippen MR) is 78.3 cm³/mol. The molecule has 2 rings (SSSR count). The van der Waals surface area contributed by atoms with E-state index < -0.39 is 5.91 Å². The third-order valence-corrected chi connectivity index (χ3v) is 5.03. The second-order valence-electron chi connectivity index (χ2n) is 5.58. The van der Waals surface area contributed by atoms with E-state index in [2.05, 4.69) is 17.2 Å². The summed E-state index contributed by atoms with van der Waals surface area (Å²) in [6, 6.07) is 0. The number of hydrogen-bond donors (Lipinski definition) is 2. The summed E-state index contributed by atoms with van der Waals surface area (Å²) in [6.45, 7) is 3.33. The molecule has 1 amide bonds. The maximum Gasteiger partial charge on any atom is 0.243 e. The van der Waals surface area contributed by atoms with E-state index in [9.17, 15) is 4.79 Å². The number of rotatable bonds is 5. The first-order valence-electron chi connectivity index (χ1n) is 6.91. The van der Waals surface area contributed by atoms with Crippen LogP contribution in [0.15, 0.2) is 4.99 Å². The highest BCUT2D eigenvalue weighted by Gasteiger charge is 2.39. The van der Waals surface area contributed by atoms with Gasteiger partial charge in [-0.05, 0) is 31.6 Å². The van der Waals surface area contributed by atoms with Crippen LogP contribution in [-0.2, 0) is 9.53 Å². The summed E-state index contributed by atoms with van der Waals surface area (Å²) in [7, 11) is 0. The Morgan fingerprint density at radius 1 is 1.58 bits per heavy atom. The van der Waals surface area contributed by atoms with E-state index in [0.717, 1.165) is 16.8 Å².